The van der Waals surface area contributed by atoms with E-state index < -0.39 is 0 Å². The van der Waals surface area contributed by atoms with Gasteiger partial charge in [0.05, 0.1) is 24.2 Å². The highest BCUT2D eigenvalue weighted by molar-refractivity contribution is 7.10. The molecule has 0 unspecified atom stereocenters. The van der Waals surface area contributed by atoms with Crippen LogP contribution in [0.25, 0.3) is 0 Å². The molecule has 2 aromatic heterocycles. The van der Waals surface area contributed by atoms with E-state index in [4.69, 9.17) is 9.68 Å². The summed E-state index contributed by atoms with van der Waals surface area (Å²) in [6, 6.07) is 0. The topological polar surface area (TPSA) is 84.9 Å². The highest BCUT2D eigenvalue weighted by Gasteiger charge is 2.16. The monoisotopic (exact) mass is 454 g/mol. The van der Waals surface area contributed by atoms with Gasteiger partial charge in [-0.05, 0) is 25.7 Å². The Balaban J connectivity index is 1.56. The van der Waals surface area contributed by atoms with Crippen LogP contribution >= 0.6 is 22.7 Å². The van der Waals surface area contributed by atoms with Gasteiger partial charge in [0.15, 0.2) is 0 Å². The summed E-state index contributed by atoms with van der Waals surface area (Å²) in [4.78, 5) is 42.5. The molecule has 10 heteroatoms. The number of rotatable bonds is 13. The summed E-state index contributed by atoms with van der Waals surface area (Å²) in [5.74, 6) is -0.440. The Hall–Kier alpha value is -1.88. The van der Waals surface area contributed by atoms with Crippen LogP contribution in [0.5, 0.6) is 0 Å². The molecule has 0 N–H and O–H groups in total. The average Bonchev–Trinajstić information content (AvgIpc) is 3.43. The molecule has 0 saturated carbocycles. The summed E-state index contributed by atoms with van der Waals surface area (Å²) in [5.41, 5.74) is 0.889. The van der Waals surface area contributed by atoms with E-state index in [1.807, 2.05) is 0 Å². The Morgan fingerprint density at radius 1 is 0.767 bits per heavy atom. The van der Waals surface area contributed by atoms with Gasteiger partial charge in [-0.15, -0.1) is 22.7 Å². The van der Waals surface area contributed by atoms with Gasteiger partial charge in [-0.3, -0.25) is 19.3 Å². The lowest BCUT2D eigenvalue weighted by molar-refractivity contribution is -0.0760. The van der Waals surface area contributed by atoms with E-state index in [0.717, 1.165) is 48.5 Å². The zero-order valence-electron chi connectivity index (χ0n) is 18.0. The minimum Gasteiger partial charge on any atom is -0.274 e. The number of unbranched alkanes of at least 4 members (excludes halogenated alkanes) is 5. The van der Waals surface area contributed by atoms with Gasteiger partial charge < -0.3 is 0 Å². The van der Waals surface area contributed by atoms with Crippen molar-refractivity contribution < 1.29 is 19.3 Å². The standard InChI is InChI=1S/C20H30N4O4S2/c1-23(27-3)19(25)15-13-29-17(21-15)11-9-7-5-6-8-10-12-18-22-16(14-30-18)20(26)24(2)28-4/h13-14H,5-12H2,1-4H3. The number of amides is 2. The van der Waals surface area contributed by atoms with E-state index in [0.29, 0.717) is 11.4 Å². The normalized spacial score (nSPS) is 10.9. The Labute approximate surface area is 185 Å². The molecule has 8 nitrogen and oxygen atoms in total. The molecule has 2 rings (SSSR count). The number of aromatic nitrogens is 2. The van der Waals surface area contributed by atoms with Crippen molar-refractivity contribution in [3.05, 3.63) is 32.2 Å². The van der Waals surface area contributed by atoms with Crippen LogP contribution in [0.3, 0.4) is 0 Å². The molecule has 0 aromatic carbocycles. The van der Waals surface area contributed by atoms with Crippen LogP contribution in [0, 0.1) is 0 Å². The number of carbonyl (C=O) groups is 2. The van der Waals surface area contributed by atoms with Gasteiger partial charge in [0, 0.05) is 24.9 Å². The number of hydroxylamine groups is 4. The molecule has 0 radical (unpaired) electrons. The summed E-state index contributed by atoms with van der Waals surface area (Å²) in [6.45, 7) is 0. The van der Waals surface area contributed by atoms with Crippen molar-refractivity contribution in [2.45, 2.75) is 51.4 Å². The van der Waals surface area contributed by atoms with Gasteiger partial charge >= 0.3 is 0 Å². The second-order valence-corrected chi connectivity index (χ2v) is 8.73. The molecule has 0 atom stereocenters. The highest BCUT2D eigenvalue weighted by atomic mass is 32.1. The minimum absolute atomic E-state index is 0.220. The van der Waals surface area contributed by atoms with E-state index in [1.165, 1.54) is 59.9 Å². The number of thiazole rings is 2. The first-order chi connectivity index (χ1) is 14.5. The van der Waals surface area contributed by atoms with Crippen LogP contribution < -0.4 is 0 Å². The summed E-state index contributed by atoms with van der Waals surface area (Å²) in [6.07, 6.45) is 8.63. The Kier molecular flexibility index (Phi) is 10.4. The van der Waals surface area contributed by atoms with E-state index in [-0.39, 0.29) is 11.8 Å². The predicted octanol–water partition coefficient (Wildman–Crippen LogP) is 3.99. The fourth-order valence-electron chi connectivity index (χ4n) is 2.80. The van der Waals surface area contributed by atoms with Crippen molar-refractivity contribution >= 4 is 34.5 Å². The second kappa shape index (κ2) is 12.7. The summed E-state index contributed by atoms with van der Waals surface area (Å²) in [5, 5.41) is 7.94. The molecule has 0 aliphatic rings. The quantitative estimate of drug-likeness (QED) is 0.336. The number of hydrogen-bond acceptors (Lipinski definition) is 8. The third-order valence-electron chi connectivity index (χ3n) is 4.69. The van der Waals surface area contributed by atoms with Gasteiger partial charge in [0.25, 0.3) is 11.8 Å². The molecule has 0 aliphatic carbocycles. The zero-order chi connectivity index (χ0) is 21.9. The van der Waals surface area contributed by atoms with Crippen molar-refractivity contribution in [1.82, 2.24) is 20.1 Å². The third kappa shape index (κ3) is 7.42. The molecule has 2 heterocycles. The smallest absolute Gasteiger partial charge is 0.274 e. The first kappa shape index (κ1) is 24.4. The number of aryl methyl sites for hydroxylation is 2. The zero-order valence-corrected chi connectivity index (χ0v) is 19.7. The van der Waals surface area contributed by atoms with Gasteiger partial charge in [-0.2, -0.15) is 0 Å². The van der Waals surface area contributed by atoms with Crippen molar-refractivity contribution in [1.29, 1.82) is 0 Å². The Morgan fingerprint density at radius 2 is 1.13 bits per heavy atom. The lowest BCUT2D eigenvalue weighted by atomic mass is 10.1. The summed E-state index contributed by atoms with van der Waals surface area (Å²) >= 11 is 3.06. The first-order valence-electron chi connectivity index (χ1n) is 9.99. The maximum absolute atomic E-state index is 12.0. The molecular weight excluding hydrogens is 424 g/mol. The Morgan fingerprint density at radius 3 is 1.50 bits per heavy atom. The molecule has 2 amide bonds. The number of hydrogen-bond donors (Lipinski definition) is 0. The Bertz CT molecular complexity index is 742. The van der Waals surface area contributed by atoms with Crippen LogP contribution in [0.15, 0.2) is 10.8 Å². The van der Waals surface area contributed by atoms with Crippen molar-refractivity contribution in [2.24, 2.45) is 0 Å². The molecular formula is C20H30N4O4S2. The van der Waals surface area contributed by atoms with Crippen LogP contribution in [0.4, 0.5) is 0 Å². The number of carbonyl (C=O) groups excluding carboxylic acids is 2. The summed E-state index contributed by atoms with van der Waals surface area (Å²) in [7, 11) is 6.08. The van der Waals surface area contributed by atoms with Gasteiger partial charge in [0.2, 0.25) is 0 Å². The minimum atomic E-state index is -0.220. The fraction of sp³-hybridized carbons (Fsp3) is 0.600. The van der Waals surface area contributed by atoms with E-state index in [9.17, 15) is 9.59 Å². The first-order valence-corrected chi connectivity index (χ1v) is 11.7. The molecule has 0 bridgehead atoms. The van der Waals surface area contributed by atoms with E-state index in [1.54, 1.807) is 24.9 Å². The maximum atomic E-state index is 12.0. The molecule has 30 heavy (non-hydrogen) atoms. The van der Waals surface area contributed by atoms with Gasteiger partial charge in [0.1, 0.15) is 11.4 Å². The highest BCUT2D eigenvalue weighted by Crippen LogP contribution is 2.17. The lowest BCUT2D eigenvalue weighted by Crippen LogP contribution is -2.25. The second-order valence-electron chi connectivity index (χ2n) is 6.84. The molecule has 0 spiro atoms. The van der Waals surface area contributed by atoms with E-state index >= 15 is 0 Å². The van der Waals surface area contributed by atoms with Crippen molar-refractivity contribution in [2.75, 3.05) is 28.3 Å². The van der Waals surface area contributed by atoms with Gasteiger partial charge in [-0.1, -0.05) is 25.7 Å². The van der Waals surface area contributed by atoms with Crippen LogP contribution in [0.1, 0.15) is 69.5 Å². The third-order valence-corrected chi connectivity index (χ3v) is 6.51. The fourth-order valence-corrected chi connectivity index (χ4v) is 4.42. The van der Waals surface area contributed by atoms with E-state index in [2.05, 4.69) is 9.97 Å². The van der Waals surface area contributed by atoms with Crippen molar-refractivity contribution in [3.63, 3.8) is 0 Å². The van der Waals surface area contributed by atoms with Crippen molar-refractivity contribution in [3.8, 4) is 0 Å². The number of nitrogens with zero attached hydrogens (tertiary/aromatic N) is 4. The predicted molar refractivity (Wildman–Crippen MR) is 118 cm³/mol. The van der Waals surface area contributed by atoms with Crippen LogP contribution in [-0.4, -0.2) is 60.2 Å². The lowest BCUT2D eigenvalue weighted by Gasteiger charge is -2.11. The van der Waals surface area contributed by atoms with Crippen LogP contribution in [-0.2, 0) is 22.5 Å². The maximum Gasteiger partial charge on any atom is 0.296 e. The van der Waals surface area contributed by atoms with Gasteiger partial charge in [-0.25, -0.2) is 20.1 Å². The molecule has 0 aliphatic heterocycles. The SMILES string of the molecule is CON(C)C(=O)c1csc(CCCCCCCCc2nc(C(=O)N(C)OC)cs2)n1. The molecule has 0 saturated heterocycles. The van der Waals surface area contributed by atoms with Crippen LogP contribution in [0.2, 0.25) is 0 Å². The molecule has 0 fully saturated rings. The molecule has 166 valence electrons. The average molecular weight is 455 g/mol. The summed E-state index contributed by atoms with van der Waals surface area (Å²) < 4.78 is 0. The largest absolute Gasteiger partial charge is 0.296 e. The molecule has 2 aromatic rings.